The second kappa shape index (κ2) is 4.62. The van der Waals surface area contributed by atoms with Gasteiger partial charge in [-0.05, 0) is 23.8 Å². The maximum Gasteiger partial charge on any atom is 0.0770 e. The number of nitrogens with two attached hydrogens (primary N) is 1. The number of rotatable bonds is 3. The predicted molar refractivity (Wildman–Crippen MR) is 62.3 cm³/mol. The summed E-state index contributed by atoms with van der Waals surface area (Å²) in [4.78, 5) is 4.68. The van der Waals surface area contributed by atoms with Crippen LogP contribution in [0, 0.1) is 0 Å². The Kier molecular flexibility index (Phi) is 3.95. The van der Waals surface area contributed by atoms with Crippen molar-refractivity contribution in [2.24, 2.45) is 5.90 Å². The minimum atomic E-state index is -0.137. The van der Waals surface area contributed by atoms with Crippen LogP contribution in [0.4, 0.5) is 0 Å². The minimum absolute atomic E-state index is 0.137. The van der Waals surface area contributed by atoms with Gasteiger partial charge in [-0.3, -0.25) is 0 Å². The van der Waals surface area contributed by atoms with Crippen LogP contribution in [0.1, 0.15) is 19.4 Å². The lowest BCUT2D eigenvalue weighted by Gasteiger charge is -2.24. The normalized spacial score (nSPS) is 11.8. The third-order valence-corrected chi connectivity index (χ3v) is 2.76. The highest BCUT2D eigenvalue weighted by Gasteiger charge is 2.21. The van der Waals surface area contributed by atoms with E-state index >= 15 is 0 Å². The molecule has 2 nitrogen and oxygen atoms in total. The predicted octanol–water partition coefficient (Wildman–Crippen LogP) is 3.27. The van der Waals surface area contributed by atoms with Gasteiger partial charge in [-0.25, -0.2) is 5.90 Å². The van der Waals surface area contributed by atoms with Crippen LogP contribution in [0.25, 0.3) is 0 Å². The summed E-state index contributed by atoms with van der Waals surface area (Å²) in [5, 5.41) is 0.708. The van der Waals surface area contributed by atoms with Crippen LogP contribution < -0.4 is 5.90 Å². The molecule has 1 aromatic carbocycles. The van der Waals surface area contributed by atoms with Crippen LogP contribution in [-0.2, 0) is 10.3 Å². The van der Waals surface area contributed by atoms with Crippen LogP contribution in [0.3, 0.4) is 0 Å². The fourth-order valence-electron chi connectivity index (χ4n) is 1.24. The third kappa shape index (κ3) is 2.95. The Bertz CT molecular complexity index is 308. The molecule has 0 aliphatic heterocycles. The van der Waals surface area contributed by atoms with Crippen molar-refractivity contribution in [1.29, 1.82) is 0 Å². The van der Waals surface area contributed by atoms with E-state index in [-0.39, 0.29) is 5.41 Å². The molecule has 0 aliphatic carbocycles. The maximum atomic E-state index is 5.95. The van der Waals surface area contributed by atoms with Crippen molar-refractivity contribution < 1.29 is 4.84 Å². The Morgan fingerprint density at radius 3 is 2.57 bits per heavy atom. The molecule has 0 atom stereocenters. The van der Waals surface area contributed by atoms with Crippen molar-refractivity contribution in [2.75, 3.05) is 6.61 Å². The van der Waals surface area contributed by atoms with Crippen LogP contribution >= 0.6 is 27.5 Å². The average molecular weight is 279 g/mol. The van der Waals surface area contributed by atoms with Gasteiger partial charge in [0.05, 0.1) is 6.61 Å². The van der Waals surface area contributed by atoms with E-state index in [2.05, 4.69) is 34.6 Å². The number of halogens is 2. The smallest absolute Gasteiger partial charge is 0.0770 e. The molecule has 0 fully saturated rings. The Labute approximate surface area is 97.5 Å². The molecule has 1 aromatic rings. The van der Waals surface area contributed by atoms with E-state index in [0.29, 0.717) is 11.6 Å². The molecule has 0 amide bonds. The van der Waals surface area contributed by atoms with Gasteiger partial charge in [0.1, 0.15) is 0 Å². The molecule has 2 N–H and O–H groups in total. The van der Waals surface area contributed by atoms with E-state index < -0.39 is 0 Å². The van der Waals surface area contributed by atoms with E-state index in [4.69, 9.17) is 17.5 Å². The van der Waals surface area contributed by atoms with E-state index in [1.54, 1.807) is 0 Å². The molecule has 0 bridgehead atoms. The molecule has 0 unspecified atom stereocenters. The molecule has 78 valence electrons. The molecule has 0 saturated carbocycles. The fraction of sp³-hybridized carbons (Fsp3) is 0.400. The largest absolute Gasteiger partial charge is 0.304 e. The highest BCUT2D eigenvalue weighted by molar-refractivity contribution is 9.10. The summed E-state index contributed by atoms with van der Waals surface area (Å²) in [6, 6.07) is 5.79. The average Bonchev–Trinajstić information content (AvgIpc) is 2.02. The van der Waals surface area contributed by atoms with Gasteiger partial charge in [0.25, 0.3) is 0 Å². The molecule has 0 aliphatic rings. The van der Waals surface area contributed by atoms with Crippen molar-refractivity contribution >= 4 is 27.5 Å². The highest BCUT2D eigenvalue weighted by Crippen LogP contribution is 2.29. The van der Waals surface area contributed by atoms with Crippen molar-refractivity contribution in [3.63, 3.8) is 0 Å². The van der Waals surface area contributed by atoms with Crippen LogP contribution in [0.15, 0.2) is 22.7 Å². The standard InChI is InChI=1S/C10H13BrClNO/c1-10(2,6-14-13)7-3-8(11)5-9(12)4-7/h3-5H,6,13H2,1-2H3. The molecule has 1 rings (SSSR count). The number of benzene rings is 1. The quantitative estimate of drug-likeness (QED) is 0.861. The zero-order valence-electron chi connectivity index (χ0n) is 8.18. The topological polar surface area (TPSA) is 35.2 Å². The van der Waals surface area contributed by atoms with Crippen molar-refractivity contribution in [2.45, 2.75) is 19.3 Å². The summed E-state index contributed by atoms with van der Waals surface area (Å²) in [5.74, 6) is 5.08. The second-order valence-electron chi connectivity index (χ2n) is 3.85. The second-order valence-corrected chi connectivity index (χ2v) is 5.21. The van der Waals surface area contributed by atoms with Gasteiger partial charge in [0.2, 0.25) is 0 Å². The molecule has 4 heteroatoms. The van der Waals surface area contributed by atoms with Gasteiger partial charge < -0.3 is 4.84 Å². The van der Waals surface area contributed by atoms with Gasteiger partial charge in [0.15, 0.2) is 0 Å². The van der Waals surface area contributed by atoms with E-state index in [0.717, 1.165) is 10.0 Å². The summed E-state index contributed by atoms with van der Waals surface area (Å²) in [7, 11) is 0. The zero-order chi connectivity index (χ0) is 10.8. The van der Waals surface area contributed by atoms with Gasteiger partial charge in [-0.15, -0.1) is 0 Å². The summed E-state index contributed by atoms with van der Waals surface area (Å²) in [6.45, 7) is 4.57. The van der Waals surface area contributed by atoms with Gasteiger partial charge in [-0.2, -0.15) is 0 Å². The molecule has 0 radical (unpaired) electrons. The summed E-state index contributed by atoms with van der Waals surface area (Å²) >= 11 is 9.35. The monoisotopic (exact) mass is 277 g/mol. The number of hydrogen-bond donors (Lipinski definition) is 1. The van der Waals surface area contributed by atoms with Crippen LogP contribution in [0.5, 0.6) is 0 Å². The third-order valence-electron chi connectivity index (χ3n) is 2.09. The molecule has 0 saturated heterocycles. The summed E-state index contributed by atoms with van der Waals surface area (Å²) < 4.78 is 0.963. The van der Waals surface area contributed by atoms with Gasteiger partial charge >= 0.3 is 0 Å². The molecule has 0 aromatic heterocycles. The first-order valence-electron chi connectivity index (χ1n) is 4.24. The van der Waals surface area contributed by atoms with E-state index in [1.165, 1.54) is 0 Å². The SMILES string of the molecule is CC(C)(CON)c1cc(Cl)cc(Br)c1. The fourth-order valence-corrected chi connectivity index (χ4v) is 2.10. The molecular formula is C10H13BrClNO. The Morgan fingerprint density at radius 1 is 1.43 bits per heavy atom. The van der Waals surface area contributed by atoms with E-state index in [1.807, 2.05) is 18.2 Å². The zero-order valence-corrected chi connectivity index (χ0v) is 10.5. The molecular weight excluding hydrogens is 265 g/mol. The Morgan fingerprint density at radius 2 is 2.07 bits per heavy atom. The Balaban J connectivity index is 3.05. The van der Waals surface area contributed by atoms with Crippen molar-refractivity contribution in [3.8, 4) is 0 Å². The first kappa shape index (κ1) is 12.0. The van der Waals surface area contributed by atoms with Crippen LogP contribution in [-0.4, -0.2) is 6.61 Å². The summed E-state index contributed by atoms with van der Waals surface area (Å²) in [5.41, 5.74) is 0.963. The molecule has 0 heterocycles. The molecule has 14 heavy (non-hydrogen) atoms. The summed E-state index contributed by atoms with van der Waals surface area (Å²) in [6.07, 6.45) is 0. The molecule has 0 spiro atoms. The first-order chi connectivity index (χ1) is 6.45. The van der Waals surface area contributed by atoms with Crippen LogP contribution in [0.2, 0.25) is 5.02 Å². The van der Waals surface area contributed by atoms with Crippen molar-refractivity contribution in [3.05, 3.63) is 33.3 Å². The minimum Gasteiger partial charge on any atom is -0.304 e. The first-order valence-corrected chi connectivity index (χ1v) is 5.41. The Hall–Kier alpha value is -0.0900. The van der Waals surface area contributed by atoms with Gasteiger partial charge in [-0.1, -0.05) is 41.4 Å². The highest BCUT2D eigenvalue weighted by atomic mass is 79.9. The lowest BCUT2D eigenvalue weighted by Crippen LogP contribution is -2.26. The van der Waals surface area contributed by atoms with Crippen molar-refractivity contribution in [1.82, 2.24) is 0 Å². The lowest BCUT2D eigenvalue weighted by molar-refractivity contribution is 0.0964. The number of hydrogen-bond acceptors (Lipinski definition) is 2. The lowest BCUT2D eigenvalue weighted by atomic mass is 9.86. The van der Waals surface area contributed by atoms with E-state index in [9.17, 15) is 0 Å². The van der Waals surface area contributed by atoms with Gasteiger partial charge in [0, 0.05) is 14.9 Å². The maximum absolute atomic E-state index is 5.95.